The van der Waals surface area contributed by atoms with Crippen LogP contribution in [0.1, 0.15) is 37.8 Å². The van der Waals surface area contributed by atoms with Crippen LogP contribution in [0.25, 0.3) is 0 Å². The molecule has 6 heteroatoms. The Morgan fingerprint density at radius 2 is 2.22 bits per heavy atom. The van der Waals surface area contributed by atoms with Crippen molar-refractivity contribution in [1.29, 1.82) is 0 Å². The average molecular weight is 269 g/mol. The van der Waals surface area contributed by atoms with E-state index in [0.29, 0.717) is 18.1 Å². The van der Waals surface area contributed by atoms with Crippen LogP contribution >= 0.6 is 0 Å². The summed E-state index contributed by atoms with van der Waals surface area (Å²) < 4.78 is 25.6. The van der Waals surface area contributed by atoms with Gasteiger partial charge in [0.1, 0.15) is 5.82 Å². The number of sulfone groups is 1. The monoisotopic (exact) mass is 269 g/mol. The summed E-state index contributed by atoms with van der Waals surface area (Å²) in [5, 5.41) is 4.22. The highest BCUT2D eigenvalue weighted by Gasteiger charge is 2.32. The lowest BCUT2D eigenvalue weighted by atomic mass is 10.0. The van der Waals surface area contributed by atoms with Crippen molar-refractivity contribution in [2.75, 3.05) is 5.75 Å². The highest BCUT2D eigenvalue weighted by atomic mass is 32.2. The zero-order valence-corrected chi connectivity index (χ0v) is 11.5. The van der Waals surface area contributed by atoms with Crippen LogP contribution in [0.5, 0.6) is 0 Å². The molecule has 3 heterocycles. The van der Waals surface area contributed by atoms with Gasteiger partial charge in [-0.1, -0.05) is 6.92 Å². The molecule has 1 aromatic heterocycles. The molecular formula is C12H19N3O2S. The number of aryl methyl sites for hydroxylation is 1. The number of aromatic nitrogens is 3. The summed E-state index contributed by atoms with van der Waals surface area (Å²) in [6.07, 6.45) is 4.17. The van der Waals surface area contributed by atoms with Crippen molar-refractivity contribution in [3.63, 3.8) is 0 Å². The first-order chi connectivity index (χ1) is 8.54. The molecule has 0 radical (unpaired) electrons. The van der Waals surface area contributed by atoms with Crippen LogP contribution in [-0.2, 0) is 29.2 Å². The lowest BCUT2D eigenvalue weighted by molar-refractivity contribution is 0.367. The molecule has 1 fully saturated rings. The van der Waals surface area contributed by atoms with Crippen LogP contribution in [0.4, 0.5) is 0 Å². The Balaban J connectivity index is 1.78. The van der Waals surface area contributed by atoms with E-state index in [9.17, 15) is 8.42 Å². The van der Waals surface area contributed by atoms with E-state index < -0.39 is 9.84 Å². The van der Waals surface area contributed by atoms with E-state index in [0.717, 1.165) is 43.9 Å². The molecule has 1 aromatic rings. The van der Waals surface area contributed by atoms with Crippen molar-refractivity contribution in [2.24, 2.45) is 5.92 Å². The first-order valence-electron chi connectivity index (χ1n) is 6.69. The number of fused-ring (bicyclic) bond motifs is 1. The first kappa shape index (κ1) is 12.1. The smallest absolute Gasteiger partial charge is 0.153 e. The van der Waals surface area contributed by atoms with Crippen molar-refractivity contribution < 1.29 is 8.42 Å². The SMILES string of the molecule is CC1CCc2nc(CC3CCCS3(=O)=O)nn2C1. The minimum atomic E-state index is -2.89. The molecule has 0 amide bonds. The maximum absolute atomic E-state index is 11.8. The van der Waals surface area contributed by atoms with Gasteiger partial charge in [0.2, 0.25) is 0 Å². The molecule has 3 rings (SSSR count). The van der Waals surface area contributed by atoms with E-state index in [-0.39, 0.29) is 5.25 Å². The first-order valence-corrected chi connectivity index (χ1v) is 8.40. The second-order valence-corrected chi connectivity index (χ2v) is 8.01. The molecule has 2 aliphatic rings. The number of nitrogens with zero attached hydrogens (tertiary/aromatic N) is 3. The Morgan fingerprint density at radius 3 is 2.94 bits per heavy atom. The minimum Gasteiger partial charge on any atom is -0.250 e. The third kappa shape index (κ3) is 2.18. The normalized spacial score (nSPS) is 30.3. The molecule has 0 spiro atoms. The van der Waals surface area contributed by atoms with Crippen LogP contribution in [0, 0.1) is 5.92 Å². The Morgan fingerprint density at radius 1 is 1.39 bits per heavy atom. The van der Waals surface area contributed by atoms with E-state index in [4.69, 9.17) is 0 Å². The van der Waals surface area contributed by atoms with Gasteiger partial charge in [0.05, 0.1) is 11.0 Å². The maximum Gasteiger partial charge on any atom is 0.153 e. The molecule has 2 atom stereocenters. The summed E-state index contributed by atoms with van der Waals surface area (Å²) in [6.45, 7) is 3.13. The van der Waals surface area contributed by atoms with Crippen molar-refractivity contribution in [3.8, 4) is 0 Å². The van der Waals surface area contributed by atoms with Gasteiger partial charge in [-0.05, 0) is 25.2 Å². The maximum atomic E-state index is 11.8. The molecule has 18 heavy (non-hydrogen) atoms. The molecule has 0 saturated carbocycles. The summed E-state index contributed by atoms with van der Waals surface area (Å²) in [4.78, 5) is 4.50. The summed E-state index contributed by atoms with van der Waals surface area (Å²) >= 11 is 0. The number of hydrogen-bond acceptors (Lipinski definition) is 4. The third-order valence-electron chi connectivity index (χ3n) is 4.01. The van der Waals surface area contributed by atoms with E-state index in [2.05, 4.69) is 17.0 Å². The van der Waals surface area contributed by atoms with Crippen LogP contribution in [-0.4, -0.2) is 34.2 Å². The zero-order valence-electron chi connectivity index (χ0n) is 10.7. The average Bonchev–Trinajstić information content (AvgIpc) is 2.82. The lowest BCUT2D eigenvalue weighted by Gasteiger charge is -2.17. The lowest BCUT2D eigenvalue weighted by Crippen LogP contribution is -2.20. The van der Waals surface area contributed by atoms with Crippen molar-refractivity contribution in [2.45, 2.75) is 50.8 Å². The summed E-state index contributed by atoms with van der Waals surface area (Å²) in [5.74, 6) is 2.72. The van der Waals surface area contributed by atoms with Crippen LogP contribution in [0.2, 0.25) is 0 Å². The van der Waals surface area contributed by atoms with Crippen molar-refractivity contribution in [3.05, 3.63) is 11.6 Å². The van der Waals surface area contributed by atoms with E-state index >= 15 is 0 Å². The fourth-order valence-corrected chi connectivity index (χ4v) is 4.73. The Bertz CT molecular complexity index is 550. The molecule has 0 aliphatic carbocycles. The Hall–Kier alpha value is -0.910. The van der Waals surface area contributed by atoms with Gasteiger partial charge in [0, 0.05) is 19.4 Å². The molecule has 0 bridgehead atoms. The molecule has 5 nitrogen and oxygen atoms in total. The zero-order chi connectivity index (χ0) is 12.8. The van der Waals surface area contributed by atoms with Gasteiger partial charge in [0.15, 0.2) is 15.7 Å². The second kappa shape index (κ2) is 4.33. The number of hydrogen-bond donors (Lipinski definition) is 0. The van der Waals surface area contributed by atoms with Crippen LogP contribution in [0.3, 0.4) is 0 Å². The van der Waals surface area contributed by atoms with Gasteiger partial charge < -0.3 is 0 Å². The molecule has 2 aliphatic heterocycles. The molecule has 0 N–H and O–H groups in total. The molecule has 100 valence electrons. The van der Waals surface area contributed by atoms with Gasteiger partial charge in [-0.2, -0.15) is 5.10 Å². The summed E-state index contributed by atoms with van der Waals surface area (Å²) in [5.41, 5.74) is 0. The fourth-order valence-electron chi connectivity index (χ4n) is 2.90. The Labute approximate surface area is 108 Å². The predicted molar refractivity (Wildman–Crippen MR) is 68.0 cm³/mol. The van der Waals surface area contributed by atoms with Crippen LogP contribution in [0.15, 0.2) is 0 Å². The molecule has 0 aromatic carbocycles. The fraction of sp³-hybridized carbons (Fsp3) is 0.833. The van der Waals surface area contributed by atoms with Gasteiger partial charge in [-0.3, -0.25) is 0 Å². The van der Waals surface area contributed by atoms with Gasteiger partial charge >= 0.3 is 0 Å². The molecule has 2 unspecified atom stereocenters. The highest BCUT2D eigenvalue weighted by molar-refractivity contribution is 7.92. The summed E-state index contributed by atoms with van der Waals surface area (Å²) in [6, 6.07) is 0. The molecular weight excluding hydrogens is 250 g/mol. The number of rotatable bonds is 2. The second-order valence-electron chi connectivity index (χ2n) is 5.61. The van der Waals surface area contributed by atoms with E-state index in [1.807, 2.05) is 4.68 Å². The van der Waals surface area contributed by atoms with E-state index in [1.165, 1.54) is 0 Å². The quantitative estimate of drug-likeness (QED) is 0.803. The minimum absolute atomic E-state index is 0.251. The van der Waals surface area contributed by atoms with Crippen molar-refractivity contribution in [1.82, 2.24) is 14.8 Å². The van der Waals surface area contributed by atoms with E-state index in [1.54, 1.807) is 0 Å². The third-order valence-corrected chi connectivity index (χ3v) is 6.29. The molecule has 1 saturated heterocycles. The largest absolute Gasteiger partial charge is 0.250 e. The predicted octanol–water partition coefficient (Wildman–Crippen LogP) is 0.980. The van der Waals surface area contributed by atoms with Crippen LogP contribution < -0.4 is 0 Å². The van der Waals surface area contributed by atoms with Gasteiger partial charge in [-0.15, -0.1) is 0 Å². The topological polar surface area (TPSA) is 64.8 Å². The van der Waals surface area contributed by atoms with Crippen molar-refractivity contribution >= 4 is 9.84 Å². The standard InChI is InChI=1S/C12H19N3O2S/c1-9-4-5-12-13-11(14-15(12)8-9)7-10-3-2-6-18(10,16)17/h9-10H,2-8H2,1H3. The van der Waals surface area contributed by atoms with Gasteiger partial charge in [-0.25, -0.2) is 18.1 Å². The highest BCUT2D eigenvalue weighted by Crippen LogP contribution is 2.24. The van der Waals surface area contributed by atoms with Gasteiger partial charge in [0.25, 0.3) is 0 Å². The Kier molecular flexibility index (Phi) is 2.92. The summed E-state index contributed by atoms with van der Waals surface area (Å²) in [7, 11) is -2.89.